The summed E-state index contributed by atoms with van der Waals surface area (Å²) in [5, 5.41) is 8.27. The van der Waals surface area contributed by atoms with Gasteiger partial charge < -0.3 is 19.3 Å². The van der Waals surface area contributed by atoms with E-state index in [0.29, 0.717) is 6.61 Å². The number of rotatable bonds is 7. The summed E-state index contributed by atoms with van der Waals surface area (Å²) >= 11 is 0. The van der Waals surface area contributed by atoms with Crippen LogP contribution in [0.15, 0.2) is 0 Å². The van der Waals surface area contributed by atoms with Gasteiger partial charge in [0.15, 0.2) is 6.29 Å². The monoisotopic (exact) mass is 206 g/mol. The molecule has 14 heavy (non-hydrogen) atoms. The third-order valence-corrected chi connectivity index (χ3v) is 1.50. The number of carbonyl (C=O) groups is 1. The van der Waals surface area contributed by atoms with Crippen LogP contribution in [0.3, 0.4) is 0 Å². The third kappa shape index (κ3) is 7.82. The molecular formula is C9H18O5. The van der Waals surface area contributed by atoms with Crippen molar-refractivity contribution in [3.8, 4) is 0 Å². The predicted molar refractivity (Wildman–Crippen MR) is 50.0 cm³/mol. The molecule has 5 nitrogen and oxygen atoms in total. The van der Waals surface area contributed by atoms with Crippen LogP contribution in [0, 0.1) is 0 Å². The third-order valence-electron chi connectivity index (χ3n) is 1.50. The number of carboxylic acid groups (broad SMARTS) is 1. The summed E-state index contributed by atoms with van der Waals surface area (Å²) < 4.78 is 14.7. The van der Waals surface area contributed by atoms with E-state index in [1.54, 1.807) is 6.92 Å². The van der Waals surface area contributed by atoms with Crippen LogP contribution in [-0.2, 0) is 14.2 Å². The van der Waals surface area contributed by atoms with E-state index >= 15 is 0 Å². The van der Waals surface area contributed by atoms with Crippen molar-refractivity contribution >= 4 is 6.16 Å². The Morgan fingerprint density at radius 1 is 1.36 bits per heavy atom. The Hall–Kier alpha value is -0.810. The highest BCUT2D eigenvalue weighted by molar-refractivity contribution is 5.56. The van der Waals surface area contributed by atoms with Crippen molar-refractivity contribution < 1.29 is 24.1 Å². The summed E-state index contributed by atoms with van der Waals surface area (Å²) in [6.07, 6.45) is -0.589. The van der Waals surface area contributed by atoms with Crippen LogP contribution >= 0.6 is 0 Å². The van der Waals surface area contributed by atoms with Crippen LogP contribution in [0.1, 0.15) is 33.6 Å². The van der Waals surface area contributed by atoms with Gasteiger partial charge in [0.25, 0.3) is 0 Å². The van der Waals surface area contributed by atoms with Crippen LogP contribution in [0.5, 0.6) is 0 Å². The number of hydrogen-bond acceptors (Lipinski definition) is 4. The summed E-state index contributed by atoms with van der Waals surface area (Å²) in [7, 11) is 0. The average molecular weight is 206 g/mol. The van der Waals surface area contributed by atoms with E-state index in [-0.39, 0.29) is 0 Å². The lowest BCUT2D eigenvalue weighted by Crippen LogP contribution is -2.24. The zero-order valence-electron chi connectivity index (χ0n) is 8.86. The topological polar surface area (TPSA) is 65.0 Å². The maximum absolute atomic E-state index is 10.1. The molecule has 0 saturated heterocycles. The smallest absolute Gasteiger partial charge is 0.450 e. The first-order valence-electron chi connectivity index (χ1n) is 4.73. The van der Waals surface area contributed by atoms with Gasteiger partial charge >= 0.3 is 6.16 Å². The maximum atomic E-state index is 10.1. The Balaban J connectivity index is 3.49. The SMILES string of the molecule is CCCCOC(C)OC(C)OC(=O)O. The zero-order chi connectivity index (χ0) is 11.0. The Kier molecular flexibility index (Phi) is 7.14. The summed E-state index contributed by atoms with van der Waals surface area (Å²) in [5.74, 6) is 0. The lowest BCUT2D eigenvalue weighted by Gasteiger charge is -2.18. The number of hydrogen-bond donors (Lipinski definition) is 1. The molecule has 84 valence electrons. The fourth-order valence-electron chi connectivity index (χ4n) is 0.873. The fourth-order valence-corrected chi connectivity index (χ4v) is 0.873. The van der Waals surface area contributed by atoms with Crippen molar-refractivity contribution in [1.82, 2.24) is 0 Å². The first-order valence-corrected chi connectivity index (χ1v) is 4.73. The fraction of sp³-hybridized carbons (Fsp3) is 0.889. The molecule has 0 aliphatic heterocycles. The molecule has 0 aliphatic carbocycles. The van der Waals surface area contributed by atoms with Crippen molar-refractivity contribution in [2.45, 2.75) is 46.2 Å². The molecule has 0 saturated carbocycles. The Morgan fingerprint density at radius 2 is 2.00 bits per heavy atom. The minimum atomic E-state index is -1.35. The normalized spacial score (nSPS) is 14.8. The van der Waals surface area contributed by atoms with Gasteiger partial charge in [-0.15, -0.1) is 0 Å². The molecule has 0 rings (SSSR count). The Labute approximate surface area is 84.0 Å². The molecule has 1 N–H and O–H groups in total. The predicted octanol–water partition coefficient (Wildman–Crippen LogP) is 2.21. The average Bonchev–Trinajstić information content (AvgIpc) is 2.02. The molecule has 0 heterocycles. The minimum absolute atomic E-state index is 0.448. The Morgan fingerprint density at radius 3 is 2.50 bits per heavy atom. The molecule has 0 aromatic rings. The summed E-state index contributed by atoms with van der Waals surface area (Å²) in [5.41, 5.74) is 0. The lowest BCUT2D eigenvalue weighted by molar-refractivity contribution is -0.216. The van der Waals surface area contributed by atoms with Gasteiger partial charge in [0.2, 0.25) is 6.29 Å². The second-order valence-corrected chi connectivity index (χ2v) is 2.88. The molecule has 0 fully saturated rings. The van der Waals surface area contributed by atoms with E-state index in [9.17, 15) is 4.79 Å². The summed E-state index contributed by atoms with van der Waals surface area (Å²) in [6, 6.07) is 0. The standard InChI is InChI=1S/C9H18O5/c1-4-5-6-12-7(2)13-8(3)14-9(10)11/h7-8H,4-6H2,1-3H3,(H,10,11). The van der Waals surface area contributed by atoms with Crippen LogP contribution in [-0.4, -0.2) is 30.4 Å². The van der Waals surface area contributed by atoms with Gasteiger partial charge in [-0.05, 0) is 20.3 Å². The van der Waals surface area contributed by atoms with Gasteiger partial charge in [-0.2, -0.15) is 0 Å². The number of unbranched alkanes of at least 4 members (excludes halogenated alkanes) is 1. The molecular weight excluding hydrogens is 188 g/mol. The quantitative estimate of drug-likeness (QED) is 0.393. The first kappa shape index (κ1) is 13.2. The van der Waals surface area contributed by atoms with E-state index < -0.39 is 18.7 Å². The van der Waals surface area contributed by atoms with Gasteiger partial charge in [0.1, 0.15) is 0 Å². The molecule has 5 heteroatoms. The van der Waals surface area contributed by atoms with E-state index in [1.165, 1.54) is 6.92 Å². The lowest BCUT2D eigenvalue weighted by atomic mass is 10.4. The van der Waals surface area contributed by atoms with Crippen molar-refractivity contribution in [2.24, 2.45) is 0 Å². The zero-order valence-corrected chi connectivity index (χ0v) is 8.86. The van der Waals surface area contributed by atoms with E-state index in [2.05, 4.69) is 11.7 Å². The van der Waals surface area contributed by atoms with E-state index in [4.69, 9.17) is 14.6 Å². The highest BCUT2D eigenvalue weighted by Crippen LogP contribution is 2.02. The van der Waals surface area contributed by atoms with Crippen LogP contribution in [0.25, 0.3) is 0 Å². The van der Waals surface area contributed by atoms with Crippen LogP contribution in [0.4, 0.5) is 4.79 Å². The van der Waals surface area contributed by atoms with Gasteiger partial charge in [0.05, 0.1) is 0 Å². The molecule has 2 unspecified atom stereocenters. The van der Waals surface area contributed by atoms with E-state index in [1.807, 2.05) is 0 Å². The maximum Gasteiger partial charge on any atom is 0.508 e. The van der Waals surface area contributed by atoms with Crippen LogP contribution < -0.4 is 0 Å². The first-order chi connectivity index (χ1) is 6.56. The van der Waals surface area contributed by atoms with Gasteiger partial charge in [0, 0.05) is 6.61 Å². The largest absolute Gasteiger partial charge is 0.508 e. The Bertz CT molecular complexity index is 159. The van der Waals surface area contributed by atoms with Gasteiger partial charge in [-0.1, -0.05) is 13.3 Å². The van der Waals surface area contributed by atoms with Crippen LogP contribution in [0.2, 0.25) is 0 Å². The second-order valence-electron chi connectivity index (χ2n) is 2.88. The molecule has 0 aromatic carbocycles. The van der Waals surface area contributed by atoms with E-state index in [0.717, 1.165) is 12.8 Å². The van der Waals surface area contributed by atoms with Crippen molar-refractivity contribution in [3.63, 3.8) is 0 Å². The molecule has 0 aromatic heterocycles. The van der Waals surface area contributed by atoms with Crippen molar-refractivity contribution in [3.05, 3.63) is 0 Å². The highest BCUT2D eigenvalue weighted by Gasteiger charge is 2.11. The molecule has 0 amide bonds. The number of ether oxygens (including phenoxy) is 3. The van der Waals surface area contributed by atoms with Crippen molar-refractivity contribution in [1.29, 1.82) is 0 Å². The van der Waals surface area contributed by atoms with Gasteiger partial charge in [-0.3, -0.25) is 0 Å². The van der Waals surface area contributed by atoms with Gasteiger partial charge in [-0.25, -0.2) is 4.79 Å². The summed E-state index contributed by atoms with van der Waals surface area (Å²) in [4.78, 5) is 10.1. The molecule has 0 aliphatic rings. The highest BCUT2D eigenvalue weighted by atomic mass is 16.8. The molecule has 0 spiro atoms. The molecule has 0 bridgehead atoms. The summed E-state index contributed by atoms with van der Waals surface area (Å²) in [6.45, 7) is 5.88. The second kappa shape index (κ2) is 7.58. The molecule has 0 radical (unpaired) electrons. The molecule has 2 atom stereocenters. The minimum Gasteiger partial charge on any atom is -0.450 e. The van der Waals surface area contributed by atoms with Crippen molar-refractivity contribution in [2.75, 3.05) is 6.61 Å².